The van der Waals surface area contributed by atoms with Crippen LogP contribution < -0.4 is 5.32 Å². The molecule has 1 heterocycles. The first kappa shape index (κ1) is 13.9. The quantitative estimate of drug-likeness (QED) is 0.891. The fourth-order valence-electron chi connectivity index (χ4n) is 1.99. The molecule has 7 heteroatoms. The number of nitrogens with one attached hydrogen (secondary N) is 1. The zero-order valence-electron chi connectivity index (χ0n) is 9.86. The molecule has 0 radical (unpaired) electrons. The van der Waals surface area contributed by atoms with Crippen molar-refractivity contribution in [2.75, 3.05) is 19.6 Å². The average molecular weight is 337 g/mol. The molecule has 2 rings (SSSR count). The van der Waals surface area contributed by atoms with Crippen molar-refractivity contribution in [3.05, 3.63) is 28.5 Å². The molecule has 100 valence electrons. The summed E-state index contributed by atoms with van der Waals surface area (Å²) in [4.78, 5) is -0.264. The van der Waals surface area contributed by atoms with Gasteiger partial charge in [-0.05, 0) is 25.1 Å². The SMILES string of the molecule is C[C@H]1CNCCN1S(=O)(=O)c1ccc(Br)cc1F. The number of halogens is 2. The largest absolute Gasteiger partial charge is 0.314 e. The van der Waals surface area contributed by atoms with E-state index in [-0.39, 0.29) is 10.9 Å². The molecule has 18 heavy (non-hydrogen) atoms. The zero-order valence-corrected chi connectivity index (χ0v) is 12.3. The molecule has 0 bridgehead atoms. The highest BCUT2D eigenvalue weighted by Gasteiger charge is 2.32. The number of benzene rings is 1. The van der Waals surface area contributed by atoms with Gasteiger partial charge < -0.3 is 5.32 Å². The fourth-order valence-corrected chi connectivity index (χ4v) is 4.00. The maximum Gasteiger partial charge on any atom is 0.246 e. The van der Waals surface area contributed by atoms with Crippen LogP contribution in [0.5, 0.6) is 0 Å². The van der Waals surface area contributed by atoms with E-state index in [1.807, 2.05) is 0 Å². The summed E-state index contributed by atoms with van der Waals surface area (Å²) >= 11 is 3.11. The van der Waals surface area contributed by atoms with Crippen LogP contribution in [0, 0.1) is 5.82 Å². The van der Waals surface area contributed by atoms with Crippen LogP contribution in [0.2, 0.25) is 0 Å². The molecule has 0 aliphatic carbocycles. The lowest BCUT2D eigenvalue weighted by Gasteiger charge is -2.32. The molecule has 0 unspecified atom stereocenters. The summed E-state index contributed by atoms with van der Waals surface area (Å²) in [6.45, 7) is 3.33. The van der Waals surface area contributed by atoms with Gasteiger partial charge in [0, 0.05) is 30.1 Å². The number of piperazine rings is 1. The lowest BCUT2D eigenvalue weighted by molar-refractivity contribution is 0.283. The molecule has 1 aliphatic heterocycles. The van der Waals surface area contributed by atoms with Gasteiger partial charge in [-0.3, -0.25) is 0 Å². The van der Waals surface area contributed by atoms with Gasteiger partial charge in [0.1, 0.15) is 10.7 Å². The Balaban J connectivity index is 2.41. The van der Waals surface area contributed by atoms with Crippen molar-refractivity contribution in [2.45, 2.75) is 17.9 Å². The minimum Gasteiger partial charge on any atom is -0.314 e. The third-order valence-corrected chi connectivity index (χ3v) is 5.46. The number of sulfonamides is 1. The lowest BCUT2D eigenvalue weighted by Crippen LogP contribution is -2.52. The van der Waals surface area contributed by atoms with E-state index in [1.54, 1.807) is 6.92 Å². The predicted octanol–water partition coefficient (Wildman–Crippen LogP) is 1.57. The second-order valence-corrected chi connectivity index (χ2v) is 7.02. The van der Waals surface area contributed by atoms with Crippen LogP contribution in [0.3, 0.4) is 0 Å². The Morgan fingerprint density at radius 3 is 2.83 bits per heavy atom. The molecule has 1 fully saturated rings. The molecule has 1 saturated heterocycles. The lowest BCUT2D eigenvalue weighted by atomic mass is 10.3. The molecule has 0 saturated carbocycles. The minimum absolute atomic E-state index is 0.174. The first-order valence-electron chi connectivity index (χ1n) is 5.60. The molecule has 1 atom stereocenters. The van der Waals surface area contributed by atoms with Gasteiger partial charge in [-0.1, -0.05) is 15.9 Å². The highest BCUT2D eigenvalue weighted by atomic mass is 79.9. The Hall–Kier alpha value is -0.500. The normalized spacial score (nSPS) is 22.1. The monoisotopic (exact) mass is 336 g/mol. The highest BCUT2D eigenvalue weighted by Crippen LogP contribution is 2.24. The van der Waals surface area contributed by atoms with Gasteiger partial charge in [0.15, 0.2) is 0 Å². The van der Waals surface area contributed by atoms with Crippen molar-refractivity contribution in [1.29, 1.82) is 0 Å². The molecule has 1 aliphatic rings. The van der Waals surface area contributed by atoms with E-state index in [2.05, 4.69) is 21.2 Å². The summed E-state index contributed by atoms with van der Waals surface area (Å²) in [5.74, 6) is -0.727. The van der Waals surface area contributed by atoms with Crippen LogP contribution in [0.15, 0.2) is 27.6 Å². The number of hydrogen-bond donors (Lipinski definition) is 1. The highest BCUT2D eigenvalue weighted by molar-refractivity contribution is 9.10. The number of rotatable bonds is 2. The summed E-state index contributed by atoms with van der Waals surface area (Å²) < 4.78 is 40.4. The van der Waals surface area contributed by atoms with Crippen molar-refractivity contribution in [3.63, 3.8) is 0 Å². The first-order valence-corrected chi connectivity index (χ1v) is 7.84. The molecular weight excluding hydrogens is 323 g/mol. The van der Waals surface area contributed by atoms with Crippen LogP contribution >= 0.6 is 15.9 Å². The Morgan fingerprint density at radius 2 is 2.22 bits per heavy atom. The van der Waals surface area contributed by atoms with E-state index < -0.39 is 15.8 Å². The first-order chi connectivity index (χ1) is 8.43. The van der Waals surface area contributed by atoms with E-state index in [9.17, 15) is 12.8 Å². The average Bonchev–Trinajstić information content (AvgIpc) is 2.28. The second-order valence-electron chi connectivity index (χ2n) is 4.24. The number of hydrogen-bond acceptors (Lipinski definition) is 3. The van der Waals surface area contributed by atoms with Crippen LogP contribution in [0.25, 0.3) is 0 Å². The van der Waals surface area contributed by atoms with Crippen LogP contribution in [-0.2, 0) is 10.0 Å². The molecule has 1 aromatic carbocycles. The third-order valence-electron chi connectivity index (χ3n) is 2.92. The van der Waals surface area contributed by atoms with Crippen LogP contribution in [0.4, 0.5) is 4.39 Å². The molecule has 1 N–H and O–H groups in total. The van der Waals surface area contributed by atoms with E-state index in [0.717, 1.165) is 0 Å². The molecule has 0 spiro atoms. The summed E-state index contributed by atoms with van der Waals surface area (Å²) in [5, 5.41) is 3.10. The van der Waals surface area contributed by atoms with Crippen molar-refractivity contribution < 1.29 is 12.8 Å². The Labute approximate surface area is 114 Å². The van der Waals surface area contributed by atoms with Crippen molar-refractivity contribution in [2.24, 2.45) is 0 Å². The molecular formula is C11H14BrFN2O2S. The van der Waals surface area contributed by atoms with Crippen molar-refractivity contribution >= 4 is 26.0 Å². The van der Waals surface area contributed by atoms with Crippen LogP contribution in [0.1, 0.15) is 6.92 Å². The van der Waals surface area contributed by atoms with E-state index in [1.165, 1.54) is 22.5 Å². The Kier molecular flexibility index (Phi) is 4.05. The van der Waals surface area contributed by atoms with Crippen molar-refractivity contribution in [1.82, 2.24) is 9.62 Å². The van der Waals surface area contributed by atoms with Gasteiger partial charge in [-0.25, -0.2) is 12.8 Å². The molecule has 0 amide bonds. The van der Waals surface area contributed by atoms with Gasteiger partial charge in [-0.15, -0.1) is 0 Å². The maximum atomic E-state index is 13.8. The molecule has 0 aromatic heterocycles. The standard InChI is InChI=1S/C11H14BrFN2O2S/c1-8-7-14-4-5-15(8)18(16,17)11-3-2-9(12)6-10(11)13/h2-3,6,8,14H,4-5,7H2,1H3/t8-/m0/s1. The summed E-state index contributed by atoms with van der Waals surface area (Å²) in [6.07, 6.45) is 0. The third kappa shape index (κ3) is 2.59. The fraction of sp³-hybridized carbons (Fsp3) is 0.455. The zero-order chi connectivity index (χ0) is 13.3. The second kappa shape index (κ2) is 5.24. The summed E-state index contributed by atoms with van der Waals surface area (Å²) in [7, 11) is -3.76. The minimum atomic E-state index is -3.76. The van der Waals surface area contributed by atoms with Gasteiger partial charge >= 0.3 is 0 Å². The maximum absolute atomic E-state index is 13.8. The molecule has 1 aromatic rings. The van der Waals surface area contributed by atoms with Crippen LogP contribution in [-0.4, -0.2) is 38.4 Å². The van der Waals surface area contributed by atoms with E-state index in [4.69, 9.17) is 0 Å². The summed E-state index contributed by atoms with van der Waals surface area (Å²) in [5.41, 5.74) is 0. The smallest absolute Gasteiger partial charge is 0.246 e. The summed E-state index contributed by atoms with van der Waals surface area (Å²) in [6, 6.07) is 3.82. The van der Waals surface area contributed by atoms with Gasteiger partial charge in [0.25, 0.3) is 0 Å². The predicted molar refractivity (Wildman–Crippen MR) is 70.3 cm³/mol. The van der Waals surface area contributed by atoms with Crippen molar-refractivity contribution in [3.8, 4) is 0 Å². The number of nitrogens with zero attached hydrogens (tertiary/aromatic N) is 1. The van der Waals surface area contributed by atoms with E-state index in [0.29, 0.717) is 24.1 Å². The topological polar surface area (TPSA) is 49.4 Å². The van der Waals surface area contributed by atoms with Gasteiger partial charge in [0.2, 0.25) is 10.0 Å². The molecule has 4 nitrogen and oxygen atoms in total. The van der Waals surface area contributed by atoms with E-state index >= 15 is 0 Å². The van der Waals surface area contributed by atoms with Gasteiger partial charge in [-0.2, -0.15) is 4.31 Å². The Morgan fingerprint density at radius 1 is 1.50 bits per heavy atom. The van der Waals surface area contributed by atoms with Gasteiger partial charge in [0.05, 0.1) is 0 Å². The Bertz CT molecular complexity index is 550.